The molecule has 0 amide bonds. The lowest BCUT2D eigenvalue weighted by Crippen LogP contribution is -2.24. The molecule has 1 aliphatic heterocycles. The number of halogens is 3. The van der Waals surface area contributed by atoms with Gasteiger partial charge in [-0.3, -0.25) is 4.79 Å². The molecule has 0 aromatic carbocycles. The molecular weight excluding hydrogens is 410 g/mol. The quantitative estimate of drug-likeness (QED) is 0.219. The van der Waals surface area contributed by atoms with Crippen LogP contribution in [0.15, 0.2) is 11.8 Å². The smallest absolute Gasteiger partial charge is 0.241 e. The second-order valence-electron chi connectivity index (χ2n) is 6.94. The molecule has 7 heteroatoms. The first-order valence-electron chi connectivity index (χ1n) is 8.72. The van der Waals surface area contributed by atoms with Gasteiger partial charge in [-0.15, -0.1) is 0 Å². The molecular formula is C18H35BrF2O3Si. The first-order chi connectivity index (χ1) is 11.3. The van der Waals surface area contributed by atoms with Gasteiger partial charge >= 0.3 is 0 Å². The Morgan fingerprint density at radius 1 is 1.28 bits per heavy atom. The van der Waals surface area contributed by atoms with E-state index >= 15 is 0 Å². The van der Waals surface area contributed by atoms with Crippen molar-refractivity contribution in [2.24, 2.45) is 0 Å². The Balaban J connectivity index is 0. The van der Waals surface area contributed by atoms with E-state index in [4.69, 9.17) is 9.16 Å². The first-order valence-corrected chi connectivity index (χ1v) is 13.0. The fourth-order valence-electron chi connectivity index (χ4n) is 1.73. The molecule has 25 heavy (non-hydrogen) atoms. The monoisotopic (exact) mass is 444 g/mol. The number of rotatable bonds is 6. The number of carbonyl (C=O) groups excluding carboxylic acids is 1. The molecule has 1 aliphatic rings. The molecule has 0 saturated carbocycles. The van der Waals surface area contributed by atoms with Gasteiger partial charge in [0.05, 0.1) is 16.7 Å². The van der Waals surface area contributed by atoms with E-state index in [-0.39, 0.29) is 17.0 Å². The summed E-state index contributed by atoms with van der Waals surface area (Å²) in [5.41, 5.74) is 0. The summed E-state index contributed by atoms with van der Waals surface area (Å²) in [5.74, 6) is 0.740. The normalized spacial score (nSPS) is 23.1. The number of epoxide rings is 1. The number of hydrogen-bond donors (Lipinski definition) is 0. The molecule has 5 unspecified atom stereocenters. The largest absolute Gasteiger partial charge is 0.548 e. The van der Waals surface area contributed by atoms with E-state index in [9.17, 15) is 13.6 Å². The summed E-state index contributed by atoms with van der Waals surface area (Å²) in [6, 6.07) is 0. The number of allylic oxidation sites excluding steroid dienone is 2. The lowest BCUT2D eigenvalue weighted by Gasteiger charge is -2.20. The predicted octanol–water partition coefficient (Wildman–Crippen LogP) is 5.98. The Bertz CT molecular complexity index is 398. The molecule has 0 aromatic heterocycles. The highest BCUT2D eigenvalue weighted by Crippen LogP contribution is 2.25. The second kappa shape index (κ2) is 13.0. The molecule has 0 bridgehead atoms. The van der Waals surface area contributed by atoms with Gasteiger partial charge in [0.15, 0.2) is 12.0 Å². The summed E-state index contributed by atoms with van der Waals surface area (Å²) >= 11 is 2.95. The molecule has 5 atom stereocenters. The molecule has 0 spiro atoms. The van der Waals surface area contributed by atoms with Crippen LogP contribution in [-0.4, -0.2) is 43.5 Å². The van der Waals surface area contributed by atoms with Crippen molar-refractivity contribution in [3.05, 3.63) is 11.8 Å². The van der Waals surface area contributed by atoms with Crippen molar-refractivity contribution in [1.29, 1.82) is 0 Å². The van der Waals surface area contributed by atoms with Crippen molar-refractivity contribution in [3.8, 4) is 0 Å². The van der Waals surface area contributed by atoms with Crippen molar-refractivity contribution < 1.29 is 22.7 Å². The summed E-state index contributed by atoms with van der Waals surface area (Å²) in [5, 5.41) is 0. The van der Waals surface area contributed by atoms with Crippen LogP contribution in [0.1, 0.15) is 48.0 Å². The number of Topliss-reactive ketones (excluding diaryl/α,β-unsaturated/α-hetero) is 1. The minimum Gasteiger partial charge on any atom is -0.548 e. The number of hydrogen-bond acceptors (Lipinski definition) is 3. The van der Waals surface area contributed by atoms with Gasteiger partial charge in [-0.1, -0.05) is 28.9 Å². The third kappa shape index (κ3) is 15.7. The maximum Gasteiger partial charge on any atom is 0.241 e. The van der Waals surface area contributed by atoms with Crippen LogP contribution < -0.4 is 0 Å². The molecule has 1 fully saturated rings. The highest BCUT2D eigenvalue weighted by Gasteiger charge is 2.39. The number of alkyl halides is 3. The van der Waals surface area contributed by atoms with Gasteiger partial charge in [-0.05, 0) is 54.3 Å². The van der Waals surface area contributed by atoms with Gasteiger partial charge in [0.25, 0.3) is 0 Å². The summed E-state index contributed by atoms with van der Waals surface area (Å²) in [6.45, 7) is 17.0. The molecule has 1 heterocycles. The zero-order chi connectivity index (χ0) is 20.4. The van der Waals surface area contributed by atoms with Crippen LogP contribution in [0.25, 0.3) is 0 Å². The zero-order valence-electron chi connectivity index (χ0n) is 17.0. The Morgan fingerprint density at radius 3 is 1.76 bits per heavy atom. The van der Waals surface area contributed by atoms with Crippen LogP contribution in [0.4, 0.5) is 8.78 Å². The number of ketones is 1. The van der Waals surface area contributed by atoms with E-state index in [1.54, 1.807) is 6.92 Å². The van der Waals surface area contributed by atoms with Crippen molar-refractivity contribution >= 4 is 30.0 Å². The summed E-state index contributed by atoms with van der Waals surface area (Å²) in [7, 11) is -1.33. The van der Waals surface area contributed by atoms with Gasteiger partial charge in [-0.2, -0.15) is 0 Å². The summed E-state index contributed by atoms with van der Waals surface area (Å²) < 4.78 is 34.5. The molecule has 1 saturated heterocycles. The summed E-state index contributed by atoms with van der Waals surface area (Å²) in [4.78, 5) is 10.1. The number of carbonyl (C=O) groups is 1. The van der Waals surface area contributed by atoms with E-state index in [0.29, 0.717) is 0 Å². The lowest BCUT2D eigenvalue weighted by atomic mass is 10.2. The predicted molar refractivity (Wildman–Crippen MR) is 107 cm³/mol. The average Bonchev–Trinajstić information content (AvgIpc) is 3.21. The fraction of sp³-hybridized carbons (Fsp3) is 0.833. The molecule has 0 aromatic rings. The minimum atomic E-state index is -1.34. The van der Waals surface area contributed by atoms with Gasteiger partial charge in [-0.25, -0.2) is 8.78 Å². The van der Waals surface area contributed by atoms with Crippen molar-refractivity contribution in [1.82, 2.24) is 0 Å². The highest BCUT2D eigenvalue weighted by atomic mass is 79.9. The van der Waals surface area contributed by atoms with Gasteiger partial charge in [0, 0.05) is 6.42 Å². The van der Waals surface area contributed by atoms with Crippen LogP contribution in [0, 0.1) is 0 Å². The molecule has 3 nitrogen and oxygen atoms in total. The molecule has 0 radical (unpaired) electrons. The Morgan fingerprint density at radius 2 is 1.72 bits per heavy atom. The van der Waals surface area contributed by atoms with E-state index in [1.807, 2.05) is 13.8 Å². The van der Waals surface area contributed by atoms with Crippen LogP contribution in [0.5, 0.6) is 0 Å². The summed E-state index contributed by atoms with van der Waals surface area (Å²) in [6.07, 6.45) is 1.01. The average molecular weight is 445 g/mol. The Hall–Kier alpha value is -0.273. The van der Waals surface area contributed by atoms with E-state index in [0.717, 1.165) is 12.2 Å². The van der Waals surface area contributed by atoms with Crippen LogP contribution in [0.3, 0.4) is 0 Å². The van der Waals surface area contributed by atoms with E-state index in [2.05, 4.69) is 48.6 Å². The van der Waals surface area contributed by atoms with E-state index < -0.39 is 26.4 Å². The fourth-order valence-corrected chi connectivity index (χ4v) is 3.14. The maximum absolute atomic E-state index is 12.0. The third-order valence-corrected chi connectivity index (χ3v) is 4.43. The van der Waals surface area contributed by atoms with Gasteiger partial charge < -0.3 is 9.16 Å². The van der Waals surface area contributed by atoms with Gasteiger partial charge in [0.1, 0.15) is 12.3 Å². The van der Waals surface area contributed by atoms with Crippen molar-refractivity contribution in [2.45, 2.75) is 97.0 Å². The van der Waals surface area contributed by atoms with Crippen molar-refractivity contribution in [3.63, 3.8) is 0 Å². The third-order valence-electron chi connectivity index (χ3n) is 3.10. The molecule has 1 rings (SSSR count). The molecule has 0 N–H and O–H groups in total. The zero-order valence-corrected chi connectivity index (χ0v) is 19.6. The lowest BCUT2D eigenvalue weighted by molar-refractivity contribution is -0.122. The van der Waals surface area contributed by atoms with Gasteiger partial charge in [0.2, 0.25) is 8.32 Å². The Labute approximate surface area is 161 Å². The molecule has 0 aliphatic carbocycles. The number of ether oxygens (including phenoxy) is 1. The second-order valence-corrected chi connectivity index (χ2v) is 12.7. The minimum absolute atomic E-state index is 0.0972. The maximum atomic E-state index is 12.0. The topological polar surface area (TPSA) is 38.8 Å². The van der Waals surface area contributed by atoms with E-state index in [1.165, 1.54) is 13.8 Å². The first kappa shape index (κ1) is 27.0. The standard InChI is InChI=1S/C8H18OSi.C5H8BrFO.C5H9FO/c1-6-8(7-2)9-10(3,4)5;1-3(6)5(8)4(2)7;1-3(6)5-4(2)7-5/h6H,7H2,1-5H3;3-4H,1-2H3;3-5H,1-2H3/b8-6-;;. The SMILES string of the molecule is C/C=C(/CC)O[Si](C)(C)C.CC(F)C(=O)C(C)Br.CC(F)C1OC1C. The van der Waals surface area contributed by atoms with Crippen LogP contribution in [-0.2, 0) is 14.0 Å². The van der Waals surface area contributed by atoms with Crippen molar-refractivity contribution in [2.75, 3.05) is 0 Å². The van der Waals surface area contributed by atoms with Crippen LogP contribution >= 0.6 is 15.9 Å². The van der Waals surface area contributed by atoms with Crippen LogP contribution in [0.2, 0.25) is 19.6 Å². The Kier molecular flexibility index (Phi) is 14.0. The highest BCUT2D eigenvalue weighted by molar-refractivity contribution is 9.10. The molecule has 150 valence electrons.